The zero-order valence-corrected chi connectivity index (χ0v) is 3.94. The van der Waals surface area contributed by atoms with Gasteiger partial charge in [0.05, 0.1) is 0 Å². The van der Waals surface area contributed by atoms with Gasteiger partial charge in [0.15, 0.2) is 0 Å². The van der Waals surface area contributed by atoms with Gasteiger partial charge in [-0.15, -0.1) is 0 Å². The van der Waals surface area contributed by atoms with Gasteiger partial charge in [0.2, 0.25) is 0 Å². The highest BCUT2D eigenvalue weighted by Gasteiger charge is 2.21. The van der Waals surface area contributed by atoms with Crippen LogP contribution in [0.25, 0.3) is 0 Å². The van der Waals surface area contributed by atoms with Crippen molar-refractivity contribution < 1.29 is 23.5 Å². The summed E-state index contributed by atoms with van der Waals surface area (Å²) in [6.07, 6.45) is -3.65. The van der Waals surface area contributed by atoms with E-state index in [0.29, 0.717) is 0 Å². The average molecular weight is 131 g/mol. The maximum absolute atomic E-state index is 10.7. The monoisotopic (exact) mass is 131 g/mol. The van der Waals surface area contributed by atoms with Crippen LogP contribution in [-0.2, 0) is 0 Å². The van der Waals surface area contributed by atoms with Crippen molar-refractivity contribution in [1.82, 2.24) is 0 Å². The van der Waals surface area contributed by atoms with Gasteiger partial charge in [-0.3, -0.25) is 4.89 Å². The highest BCUT2D eigenvalue weighted by molar-refractivity contribution is 7.56. The Morgan fingerprint density at radius 2 is 1.57 bits per heavy atom. The Balaban J connectivity index is 3.54. The summed E-state index contributed by atoms with van der Waals surface area (Å²) in [6.45, 7) is 0. The summed E-state index contributed by atoms with van der Waals surface area (Å²) in [6, 6.07) is 0. The molecule has 7 heavy (non-hydrogen) atoms. The standard InChI is InChI=1S/CH3F2O3P/c2-1(3)7(4,5)6/h1H,(H2,4,5,6)/p-1. The maximum atomic E-state index is 10.7. The minimum absolute atomic E-state index is 3.65. The Hall–Kier alpha value is 0.170. The first-order chi connectivity index (χ1) is 2.94. The van der Waals surface area contributed by atoms with Gasteiger partial charge in [-0.05, 0) is 0 Å². The number of hydrogen-bond acceptors (Lipinski definition) is 3. The van der Waals surface area contributed by atoms with Crippen molar-refractivity contribution in [3.8, 4) is 0 Å². The molecule has 0 rings (SSSR count). The Morgan fingerprint density at radius 3 is 1.57 bits per heavy atom. The molecule has 1 N–H and O–H groups in total. The molecule has 0 radical (unpaired) electrons. The van der Waals surface area contributed by atoms with Crippen LogP contribution >= 0.6 is 7.94 Å². The topological polar surface area (TPSA) is 66.3 Å². The Morgan fingerprint density at radius 1 is 1.43 bits per heavy atom. The van der Waals surface area contributed by atoms with Crippen molar-refractivity contribution in [1.29, 1.82) is 0 Å². The first kappa shape index (κ1) is 7.17. The Labute approximate surface area is 38.8 Å². The number of halogens is 2. The summed E-state index contributed by atoms with van der Waals surface area (Å²) in [5, 5.41) is 0. The Bertz CT molecular complexity index is 58.4. The second-order valence-corrected chi connectivity index (χ2v) is 2.36. The third-order valence-corrected chi connectivity index (χ3v) is 0.740. The minimum Gasteiger partial charge on any atom is -0.655 e. The number of hydrogen-bond donors (Lipinski definition) is 1. The van der Waals surface area contributed by atoms with Crippen LogP contribution in [0.15, 0.2) is 0 Å². The quantitative estimate of drug-likeness (QED) is 0.449. The van der Waals surface area contributed by atoms with E-state index < -0.39 is 14.1 Å². The molecule has 0 unspecified atom stereocenters. The molecule has 0 heterocycles. The van der Waals surface area contributed by atoms with Gasteiger partial charge in [0.1, 0.15) is 7.94 Å². The molecule has 0 aliphatic rings. The third-order valence-electron chi connectivity index (χ3n) is 0.247. The van der Waals surface area contributed by atoms with Crippen LogP contribution in [-0.4, -0.2) is 11.1 Å². The molecule has 0 amide bonds. The first-order valence-corrected chi connectivity index (χ1v) is 2.91. The third kappa shape index (κ3) is 2.82. The molecule has 0 spiro atoms. The highest BCUT2D eigenvalue weighted by atomic mass is 31.2. The molecule has 3 nitrogen and oxygen atoms in total. The molecule has 0 saturated heterocycles. The smallest absolute Gasteiger partial charge is 0.360 e. The molecule has 0 aromatic carbocycles. The van der Waals surface area contributed by atoms with Crippen molar-refractivity contribution in [3.05, 3.63) is 0 Å². The van der Waals surface area contributed by atoms with Crippen molar-refractivity contribution >= 4 is 7.94 Å². The fourth-order valence-electron chi connectivity index (χ4n) is 0. The van der Waals surface area contributed by atoms with Gasteiger partial charge in [-0.1, -0.05) is 0 Å². The van der Waals surface area contributed by atoms with E-state index in [-0.39, 0.29) is 0 Å². The summed E-state index contributed by atoms with van der Waals surface area (Å²) < 4.78 is 21.4. The predicted molar refractivity (Wildman–Crippen MR) is 15.1 cm³/mol. The highest BCUT2D eigenvalue weighted by Crippen LogP contribution is 2.41. The van der Waals surface area contributed by atoms with Gasteiger partial charge < -0.3 is 9.79 Å². The molecule has 44 valence electrons. The van der Waals surface area contributed by atoms with E-state index in [9.17, 15) is 8.78 Å². The molecule has 0 aromatic heterocycles. The lowest BCUT2D eigenvalue weighted by Crippen LogP contribution is -2.26. The lowest BCUT2D eigenvalue weighted by molar-refractivity contribution is -0.342. The number of alkyl halides is 2. The van der Waals surface area contributed by atoms with E-state index in [1.54, 1.807) is 0 Å². The lowest BCUT2D eigenvalue weighted by atomic mass is 11.7. The van der Waals surface area contributed by atoms with Gasteiger partial charge in [0.25, 0.3) is 0 Å². The zero-order valence-electron chi connectivity index (χ0n) is 3.04. The maximum Gasteiger partial charge on any atom is 0.360 e. The summed E-state index contributed by atoms with van der Waals surface area (Å²) in [5.41, 5.74) is 0. The van der Waals surface area contributed by atoms with E-state index in [1.807, 2.05) is 0 Å². The first-order valence-electron chi connectivity index (χ1n) is 1.26. The summed E-state index contributed by atoms with van der Waals surface area (Å²) in [5.74, 6) is 0. The summed E-state index contributed by atoms with van der Waals surface area (Å²) in [4.78, 5) is 25.7. The van der Waals surface area contributed by atoms with Crippen molar-refractivity contribution in [2.75, 3.05) is 0 Å². The van der Waals surface area contributed by atoms with E-state index >= 15 is 0 Å². The molecule has 0 atom stereocenters. The minimum atomic E-state index is -5.32. The molecule has 0 fully saturated rings. The molecule has 0 aliphatic carbocycles. The molecule has 0 aromatic rings. The largest absolute Gasteiger partial charge is 0.655 e. The molecule has 0 saturated carbocycles. The van der Waals surface area contributed by atoms with Crippen LogP contribution in [0.1, 0.15) is 0 Å². The van der Waals surface area contributed by atoms with E-state index in [2.05, 4.69) is 0 Å². The fourth-order valence-corrected chi connectivity index (χ4v) is 0. The van der Waals surface area contributed by atoms with Crippen LogP contribution in [0.3, 0.4) is 0 Å². The predicted octanol–water partition coefficient (Wildman–Crippen LogP) is -1.32. The normalized spacial score (nSPS) is 12.9. The van der Waals surface area contributed by atoms with Crippen molar-refractivity contribution in [3.63, 3.8) is 0 Å². The average Bonchev–Trinajstić information content (AvgIpc) is 1.31. The van der Waals surface area contributed by atoms with Crippen molar-refractivity contribution in [2.45, 2.75) is 6.17 Å². The summed E-state index contributed by atoms with van der Waals surface area (Å²) >= 11 is 0. The van der Waals surface area contributed by atoms with Gasteiger partial charge in [-0.25, -0.2) is 0 Å². The van der Waals surface area contributed by atoms with Crippen LogP contribution in [0, 0.1) is 0 Å². The van der Waals surface area contributed by atoms with Crippen LogP contribution in [0.5, 0.6) is 0 Å². The van der Waals surface area contributed by atoms with E-state index in [0.717, 1.165) is 0 Å². The fraction of sp³-hybridized carbons (Fsp3) is 1.00. The molecular weight excluding hydrogens is 129 g/mol. The van der Waals surface area contributed by atoms with Crippen LogP contribution in [0.2, 0.25) is 0 Å². The van der Waals surface area contributed by atoms with Crippen LogP contribution in [0.4, 0.5) is 8.78 Å². The molecule has 0 bridgehead atoms. The lowest BCUT2D eigenvalue weighted by Gasteiger charge is -2.25. The number of rotatable bonds is 1. The molecule has 0 aliphatic heterocycles. The van der Waals surface area contributed by atoms with Gasteiger partial charge >= 0.3 is 6.17 Å². The molecular formula is CH2F2O3P-. The molecule has 6 heteroatoms. The van der Waals surface area contributed by atoms with E-state index in [4.69, 9.17) is 14.7 Å². The van der Waals surface area contributed by atoms with Crippen LogP contribution < -0.4 is 9.79 Å². The second-order valence-electron chi connectivity index (χ2n) is 0.842. The van der Waals surface area contributed by atoms with Gasteiger partial charge in [0, 0.05) is 0 Å². The second kappa shape index (κ2) is 1.96. The van der Waals surface area contributed by atoms with E-state index in [1.165, 1.54) is 0 Å². The SMILES string of the molecule is [O-][P+]([O-])(O)C(F)F. The summed E-state index contributed by atoms with van der Waals surface area (Å²) in [7, 11) is -5.32. The van der Waals surface area contributed by atoms with Gasteiger partial charge in [-0.2, -0.15) is 8.78 Å². The zero-order chi connectivity index (χ0) is 6.08. The Kier molecular flexibility index (Phi) is 2.01. The van der Waals surface area contributed by atoms with Crippen molar-refractivity contribution in [2.24, 2.45) is 0 Å².